The van der Waals surface area contributed by atoms with Crippen molar-refractivity contribution in [1.82, 2.24) is 5.32 Å². The lowest BCUT2D eigenvalue weighted by molar-refractivity contribution is 0.121. The molecular weight excluding hydrogens is 338 g/mol. The minimum atomic E-state index is -1.65. The van der Waals surface area contributed by atoms with Crippen molar-refractivity contribution in [1.29, 1.82) is 0 Å². The fraction of sp³-hybridized carbons (Fsp3) is 0.211. The Balaban J connectivity index is 1.98. The van der Waals surface area contributed by atoms with Gasteiger partial charge in [0.2, 0.25) is 0 Å². The number of rotatable bonds is 8. The van der Waals surface area contributed by atoms with Gasteiger partial charge in [-0.15, -0.1) is 0 Å². The third-order valence-corrected chi connectivity index (χ3v) is 4.14. The van der Waals surface area contributed by atoms with Crippen molar-refractivity contribution in [3.05, 3.63) is 83.8 Å². The standard InChI is InChI=1S/C19H21NO4S/c1-3-25(22)24-18(17-12-8-5-9-13-17)15(2)20-19(21)23-14-16-10-6-4-7-11-16/h3-13,15,18H,1,14H2,2H3,(H,20,21)/t15-,18-,25-/m0/s1. The predicted octanol–water partition coefficient (Wildman–Crippen LogP) is 3.87. The van der Waals surface area contributed by atoms with Crippen LogP contribution in [0, 0.1) is 0 Å². The van der Waals surface area contributed by atoms with Gasteiger partial charge in [-0.25, -0.2) is 9.00 Å². The Kier molecular flexibility index (Phi) is 7.37. The van der Waals surface area contributed by atoms with Crippen molar-refractivity contribution in [2.24, 2.45) is 0 Å². The SMILES string of the molecule is C=C[S@@](=O)O[C@H](c1ccccc1)[C@H](C)NC(=O)OCc1ccccc1. The van der Waals surface area contributed by atoms with Gasteiger partial charge in [0.15, 0.2) is 11.1 Å². The van der Waals surface area contributed by atoms with Crippen molar-refractivity contribution in [2.45, 2.75) is 25.7 Å². The third-order valence-electron chi connectivity index (χ3n) is 3.48. The first-order chi connectivity index (χ1) is 12.1. The van der Waals surface area contributed by atoms with Gasteiger partial charge in [0.25, 0.3) is 0 Å². The van der Waals surface area contributed by atoms with Gasteiger partial charge in [0.05, 0.1) is 6.04 Å². The van der Waals surface area contributed by atoms with Crippen LogP contribution in [0.4, 0.5) is 4.79 Å². The molecule has 6 heteroatoms. The highest BCUT2D eigenvalue weighted by atomic mass is 32.2. The van der Waals surface area contributed by atoms with Gasteiger partial charge in [0, 0.05) is 5.41 Å². The average molecular weight is 359 g/mol. The largest absolute Gasteiger partial charge is 0.445 e. The Morgan fingerprint density at radius 1 is 1.16 bits per heavy atom. The summed E-state index contributed by atoms with van der Waals surface area (Å²) in [6.45, 7) is 5.39. The maximum Gasteiger partial charge on any atom is 0.407 e. The maximum atomic E-state index is 12.0. The average Bonchev–Trinajstić information content (AvgIpc) is 2.65. The van der Waals surface area contributed by atoms with Crippen LogP contribution in [0.5, 0.6) is 0 Å². The normalized spacial score (nSPS) is 14.1. The lowest BCUT2D eigenvalue weighted by Crippen LogP contribution is -2.38. The van der Waals surface area contributed by atoms with Gasteiger partial charge < -0.3 is 10.1 Å². The minimum Gasteiger partial charge on any atom is -0.445 e. The Morgan fingerprint density at radius 2 is 1.76 bits per heavy atom. The van der Waals surface area contributed by atoms with Crippen LogP contribution in [0.15, 0.2) is 72.7 Å². The van der Waals surface area contributed by atoms with Crippen molar-refractivity contribution in [2.75, 3.05) is 0 Å². The van der Waals surface area contributed by atoms with Gasteiger partial charge >= 0.3 is 6.09 Å². The number of hydrogen-bond acceptors (Lipinski definition) is 4. The Labute approximate surface area is 150 Å². The second-order valence-electron chi connectivity index (χ2n) is 5.35. The van der Waals surface area contributed by atoms with Crippen molar-refractivity contribution < 1.29 is 17.9 Å². The molecule has 2 aromatic rings. The topological polar surface area (TPSA) is 64.6 Å². The molecule has 3 atom stereocenters. The molecule has 132 valence electrons. The summed E-state index contributed by atoms with van der Waals surface area (Å²) in [5.41, 5.74) is 1.70. The Bertz CT molecular complexity index is 706. The number of ether oxygens (including phenoxy) is 1. The summed E-state index contributed by atoms with van der Waals surface area (Å²) >= 11 is -1.65. The Hall–Kier alpha value is -2.44. The molecule has 0 bridgehead atoms. The zero-order chi connectivity index (χ0) is 18.1. The molecule has 0 heterocycles. The van der Waals surface area contributed by atoms with Gasteiger partial charge in [-0.3, -0.25) is 4.18 Å². The van der Waals surface area contributed by atoms with E-state index in [1.165, 1.54) is 5.41 Å². The summed E-state index contributed by atoms with van der Waals surface area (Å²) in [6.07, 6.45) is -1.16. The van der Waals surface area contributed by atoms with E-state index in [9.17, 15) is 9.00 Å². The molecule has 0 fully saturated rings. The fourth-order valence-electron chi connectivity index (χ4n) is 2.24. The van der Waals surface area contributed by atoms with Crippen molar-refractivity contribution in [3.63, 3.8) is 0 Å². The number of hydrogen-bond donors (Lipinski definition) is 1. The third kappa shape index (κ3) is 6.17. The van der Waals surface area contributed by atoms with Crippen LogP contribution < -0.4 is 5.32 Å². The number of benzene rings is 2. The van der Waals surface area contributed by atoms with Crippen LogP contribution in [-0.4, -0.2) is 16.3 Å². The number of carbonyl (C=O) groups is 1. The van der Waals surface area contributed by atoms with Crippen LogP contribution >= 0.6 is 0 Å². The van der Waals surface area contributed by atoms with Crippen LogP contribution in [0.25, 0.3) is 0 Å². The molecule has 1 amide bonds. The second kappa shape index (κ2) is 9.76. The lowest BCUT2D eigenvalue weighted by atomic mass is 10.0. The number of amides is 1. The lowest BCUT2D eigenvalue weighted by Gasteiger charge is -2.24. The summed E-state index contributed by atoms with van der Waals surface area (Å²) < 4.78 is 22.4. The molecule has 0 saturated carbocycles. The van der Waals surface area contributed by atoms with Crippen molar-refractivity contribution >= 4 is 17.2 Å². The van der Waals surface area contributed by atoms with E-state index in [-0.39, 0.29) is 6.61 Å². The summed E-state index contributed by atoms with van der Waals surface area (Å²) in [7, 11) is 0. The monoisotopic (exact) mass is 359 g/mol. The molecule has 0 aliphatic rings. The van der Waals surface area contributed by atoms with Crippen LogP contribution in [-0.2, 0) is 26.6 Å². The van der Waals surface area contributed by atoms with Crippen LogP contribution in [0.1, 0.15) is 24.2 Å². The molecular formula is C19H21NO4S. The minimum absolute atomic E-state index is 0.175. The molecule has 0 aliphatic heterocycles. The second-order valence-corrected chi connectivity index (χ2v) is 6.40. The van der Waals surface area contributed by atoms with E-state index in [0.29, 0.717) is 0 Å². The highest BCUT2D eigenvalue weighted by Gasteiger charge is 2.24. The first kappa shape index (κ1) is 18.9. The maximum absolute atomic E-state index is 12.0. The first-order valence-corrected chi connectivity index (χ1v) is 8.96. The highest BCUT2D eigenvalue weighted by molar-refractivity contribution is 7.83. The van der Waals surface area contributed by atoms with Gasteiger partial charge in [-0.1, -0.05) is 67.2 Å². The zero-order valence-corrected chi connectivity index (χ0v) is 14.8. The van der Waals surface area contributed by atoms with E-state index in [1.807, 2.05) is 60.7 Å². The van der Waals surface area contributed by atoms with Crippen molar-refractivity contribution in [3.8, 4) is 0 Å². The molecule has 0 unspecified atom stereocenters. The molecule has 25 heavy (non-hydrogen) atoms. The van der Waals surface area contributed by atoms with E-state index in [2.05, 4.69) is 11.9 Å². The molecule has 5 nitrogen and oxygen atoms in total. The van der Waals surface area contributed by atoms with E-state index in [1.54, 1.807) is 6.92 Å². The summed E-state index contributed by atoms with van der Waals surface area (Å²) in [5, 5.41) is 3.93. The zero-order valence-electron chi connectivity index (χ0n) is 14.0. The molecule has 2 rings (SSSR count). The first-order valence-electron chi connectivity index (χ1n) is 7.82. The van der Waals surface area contributed by atoms with E-state index >= 15 is 0 Å². The molecule has 0 aromatic heterocycles. The quantitative estimate of drug-likeness (QED) is 0.777. The van der Waals surface area contributed by atoms with Gasteiger partial charge in [0.1, 0.15) is 12.7 Å². The molecule has 0 radical (unpaired) electrons. The Morgan fingerprint density at radius 3 is 2.36 bits per heavy atom. The molecule has 0 aliphatic carbocycles. The number of carbonyl (C=O) groups excluding carboxylic acids is 1. The number of nitrogens with one attached hydrogen (secondary N) is 1. The summed E-state index contributed by atoms with van der Waals surface area (Å²) in [6, 6.07) is 18.2. The van der Waals surface area contributed by atoms with Crippen LogP contribution in [0.2, 0.25) is 0 Å². The van der Waals surface area contributed by atoms with E-state index in [0.717, 1.165) is 11.1 Å². The van der Waals surface area contributed by atoms with E-state index < -0.39 is 29.3 Å². The summed E-state index contributed by atoms with van der Waals surface area (Å²) in [4.78, 5) is 12.0. The molecule has 0 spiro atoms. The molecule has 1 N–H and O–H groups in total. The van der Waals surface area contributed by atoms with Gasteiger partial charge in [-0.05, 0) is 18.1 Å². The van der Waals surface area contributed by atoms with Crippen LogP contribution in [0.3, 0.4) is 0 Å². The molecule has 2 aromatic carbocycles. The predicted molar refractivity (Wildman–Crippen MR) is 97.8 cm³/mol. The summed E-state index contributed by atoms with van der Waals surface area (Å²) in [5.74, 6) is 0. The smallest absolute Gasteiger partial charge is 0.407 e. The number of alkyl carbamates (subject to hydrolysis) is 1. The highest BCUT2D eigenvalue weighted by Crippen LogP contribution is 2.23. The van der Waals surface area contributed by atoms with Gasteiger partial charge in [-0.2, -0.15) is 0 Å². The van der Waals surface area contributed by atoms with E-state index in [4.69, 9.17) is 8.92 Å². The fourth-order valence-corrected chi connectivity index (χ4v) is 2.80. The molecule has 0 saturated heterocycles.